The van der Waals surface area contributed by atoms with Crippen molar-refractivity contribution in [1.29, 1.82) is 0 Å². The van der Waals surface area contributed by atoms with Crippen LogP contribution in [0.1, 0.15) is 5.69 Å². The molecule has 1 aromatic heterocycles. The van der Waals surface area contributed by atoms with Gasteiger partial charge in [-0.3, -0.25) is 10.3 Å². The lowest BCUT2D eigenvalue weighted by atomic mass is 10.1. The zero-order valence-electron chi connectivity index (χ0n) is 17.9. The van der Waals surface area contributed by atoms with Crippen LogP contribution < -0.4 is 15.4 Å². The largest absolute Gasteiger partial charge is 0.457 e. The molecule has 0 saturated carbocycles. The molecule has 2 aromatic carbocycles. The summed E-state index contributed by atoms with van der Waals surface area (Å²) in [6.45, 7) is 1.42. The lowest BCUT2D eigenvalue weighted by molar-refractivity contribution is 0.00854. The fourth-order valence-corrected chi connectivity index (χ4v) is 3.99. The highest BCUT2D eigenvalue weighted by Crippen LogP contribution is 2.29. The van der Waals surface area contributed by atoms with Gasteiger partial charge in [-0.25, -0.2) is 4.79 Å². The van der Waals surface area contributed by atoms with Crippen LogP contribution in [-0.4, -0.2) is 48.6 Å². The number of fused-ring (bicyclic) bond motifs is 1. The first kappa shape index (κ1) is 21.4. The SMILES string of the molecule is O=C(Nc1ccc(Oc2ccccc2)cc1)O[C@@H]1CO[C@H]2[C@@H]1OC[C@@H]2NCc1ccccn1. The van der Waals surface area contributed by atoms with E-state index in [4.69, 9.17) is 18.9 Å². The predicted molar refractivity (Wildman–Crippen MR) is 121 cm³/mol. The Morgan fingerprint density at radius 3 is 2.45 bits per heavy atom. The van der Waals surface area contributed by atoms with Crippen LogP contribution in [0.5, 0.6) is 11.5 Å². The third kappa shape index (κ3) is 5.31. The Bertz CT molecular complexity index is 1050. The van der Waals surface area contributed by atoms with Gasteiger partial charge in [0.05, 0.1) is 24.9 Å². The van der Waals surface area contributed by atoms with Crippen molar-refractivity contribution in [3.63, 3.8) is 0 Å². The van der Waals surface area contributed by atoms with E-state index in [0.29, 0.717) is 31.2 Å². The van der Waals surface area contributed by atoms with Gasteiger partial charge in [0.1, 0.15) is 23.7 Å². The van der Waals surface area contributed by atoms with E-state index < -0.39 is 12.2 Å². The van der Waals surface area contributed by atoms with Crippen LogP contribution in [0, 0.1) is 0 Å². The van der Waals surface area contributed by atoms with Gasteiger partial charge in [-0.15, -0.1) is 0 Å². The maximum absolute atomic E-state index is 12.4. The molecule has 2 aliphatic rings. The first-order valence-electron chi connectivity index (χ1n) is 10.9. The lowest BCUT2D eigenvalue weighted by Gasteiger charge is -2.18. The summed E-state index contributed by atoms with van der Waals surface area (Å²) in [6, 6.07) is 22.4. The monoisotopic (exact) mass is 447 g/mol. The van der Waals surface area contributed by atoms with Crippen molar-refractivity contribution in [2.75, 3.05) is 18.5 Å². The first-order valence-corrected chi connectivity index (χ1v) is 10.9. The van der Waals surface area contributed by atoms with Gasteiger partial charge in [-0.1, -0.05) is 24.3 Å². The highest BCUT2D eigenvalue weighted by atomic mass is 16.6. The van der Waals surface area contributed by atoms with E-state index in [1.165, 1.54) is 0 Å². The Labute approximate surface area is 191 Å². The minimum absolute atomic E-state index is 0.0193. The molecule has 2 N–H and O–H groups in total. The summed E-state index contributed by atoms with van der Waals surface area (Å²) in [6.07, 6.45) is 0.301. The molecule has 2 fully saturated rings. The number of benzene rings is 2. The fourth-order valence-electron chi connectivity index (χ4n) is 3.99. The third-order valence-corrected chi connectivity index (χ3v) is 5.62. The van der Waals surface area contributed by atoms with Gasteiger partial charge in [0.15, 0.2) is 6.10 Å². The van der Waals surface area contributed by atoms with Crippen molar-refractivity contribution in [2.45, 2.75) is 30.9 Å². The minimum Gasteiger partial charge on any atom is -0.457 e. The van der Waals surface area contributed by atoms with E-state index in [1.54, 1.807) is 30.5 Å². The quantitative estimate of drug-likeness (QED) is 0.570. The average molecular weight is 447 g/mol. The highest BCUT2D eigenvalue weighted by Gasteiger charge is 2.49. The van der Waals surface area contributed by atoms with Gasteiger partial charge in [0.25, 0.3) is 0 Å². The Balaban J connectivity index is 1.10. The third-order valence-electron chi connectivity index (χ3n) is 5.62. The first-order chi connectivity index (χ1) is 16.2. The van der Waals surface area contributed by atoms with E-state index in [0.717, 1.165) is 11.4 Å². The summed E-state index contributed by atoms with van der Waals surface area (Å²) < 4.78 is 23.1. The molecule has 0 aliphatic carbocycles. The van der Waals surface area contributed by atoms with Gasteiger partial charge in [-0.05, 0) is 48.5 Å². The fraction of sp³-hybridized carbons (Fsp3) is 0.280. The van der Waals surface area contributed by atoms with Gasteiger partial charge < -0.3 is 24.3 Å². The van der Waals surface area contributed by atoms with Crippen LogP contribution >= 0.6 is 0 Å². The Morgan fingerprint density at radius 1 is 0.909 bits per heavy atom. The van der Waals surface area contributed by atoms with Crippen molar-refractivity contribution in [2.24, 2.45) is 0 Å². The van der Waals surface area contributed by atoms with Gasteiger partial charge in [-0.2, -0.15) is 0 Å². The molecule has 170 valence electrons. The Hall–Kier alpha value is -3.46. The zero-order valence-corrected chi connectivity index (χ0v) is 17.9. The molecule has 0 bridgehead atoms. The molecule has 3 aromatic rings. The minimum atomic E-state index is -0.547. The molecule has 4 atom stereocenters. The summed E-state index contributed by atoms with van der Waals surface area (Å²) in [7, 11) is 0. The Morgan fingerprint density at radius 2 is 1.67 bits per heavy atom. The van der Waals surface area contributed by atoms with Gasteiger partial charge >= 0.3 is 6.09 Å². The molecule has 8 heteroatoms. The number of carbonyl (C=O) groups is 1. The summed E-state index contributed by atoms with van der Waals surface area (Å²) in [4.78, 5) is 16.7. The number of anilines is 1. The second-order valence-electron chi connectivity index (χ2n) is 7.91. The zero-order chi connectivity index (χ0) is 22.5. The molecule has 2 aliphatic heterocycles. The van der Waals surface area contributed by atoms with Crippen molar-refractivity contribution < 1.29 is 23.7 Å². The molecule has 2 saturated heterocycles. The molecular weight excluding hydrogens is 422 g/mol. The molecule has 33 heavy (non-hydrogen) atoms. The molecule has 3 heterocycles. The number of nitrogens with one attached hydrogen (secondary N) is 2. The van der Waals surface area contributed by atoms with Crippen LogP contribution in [0.3, 0.4) is 0 Å². The van der Waals surface area contributed by atoms with Crippen LogP contribution in [-0.2, 0) is 20.8 Å². The Kier molecular flexibility index (Phi) is 6.48. The summed E-state index contributed by atoms with van der Waals surface area (Å²) in [5, 5.41) is 6.17. The standard InChI is InChI=1S/C25H25N3O5/c29-25(28-17-9-11-20(12-10-17)32-19-7-2-1-3-8-19)33-22-16-31-23-21(15-30-24(22)23)27-14-18-6-4-5-13-26-18/h1-13,21-24,27H,14-16H2,(H,28,29)/t21-,22+,23+,24+/m0/s1. The van der Waals surface area contributed by atoms with E-state index in [2.05, 4.69) is 15.6 Å². The normalized spacial score (nSPS) is 23.6. The number of amides is 1. The van der Waals surface area contributed by atoms with Crippen LogP contribution in [0.15, 0.2) is 79.0 Å². The van der Waals surface area contributed by atoms with Crippen LogP contribution in [0.25, 0.3) is 0 Å². The number of rotatable bonds is 7. The van der Waals surface area contributed by atoms with Crippen molar-refractivity contribution in [3.8, 4) is 11.5 Å². The summed E-state index contributed by atoms with van der Waals surface area (Å²) in [5.74, 6) is 1.42. The second kappa shape index (κ2) is 9.99. The topological polar surface area (TPSA) is 90.9 Å². The number of ether oxygens (including phenoxy) is 4. The van der Waals surface area contributed by atoms with Gasteiger partial charge in [0.2, 0.25) is 0 Å². The molecule has 5 rings (SSSR count). The number of nitrogens with zero attached hydrogens (tertiary/aromatic N) is 1. The number of para-hydroxylation sites is 1. The van der Waals surface area contributed by atoms with E-state index in [1.807, 2.05) is 48.5 Å². The lowest BCUT2D eigenvalue weighted by Crippen LogP contribution is -2.41. The summed E-state index contributed by atoms with van der Waals surface area (Å²) >= 11 is 0. The molecule has 0 unspecified atom stereocenters. The van der Waals surface area contributed by atoms with Gasteiger partial charge in [0, 0.05) is 18.4 Å². The second-order valence-corrected chi connectivity index (χ2v) is 7.91. The molecule has 1 amide bonds. The van der Waals surface area contributed by atoms with E-state index >= 15 is 0 Å². The van der Waals surface area contributed by atoms with Crippen LogP contribution in [0.4, 0.5) is 10.5 Å². The predicted octanol–water partition coefficient (Wildman–Crippen LogP) is 3.75. The van der Waals surface area contributed by atoms with Crippen LogP contribution in [0.2, 0.25) is 0 Å². The van der Waals surface area contributed by atoms with Crippen molar-refractivity contribution >= 4 is 11.8 Å². The maximum Gasteiger partial charge on any atom is 0.412 e. The van der Waals surface area contributed by atoms with E-state index in [9.17, 15) is 4.79 Å². The molecule has 8 nitrogen and oxygen atoms in total. The molecule has 0 radical (unpaired) electrons. The number of aromatic nitrogens is 1. The number of hydrogen-bond donors (Lipinski definition) is 2. The number of pyridine rings is 1. The number of hydrogen-bond acceptors (Lipinski definition) is 7. The average Bonchev–Trinajstić information content (AvgIpc) is 3.43. The maximum atomic E-state index is 12.4. The molecular formula is C25H25N3O5. The molecule has 0 spiro atoms. The smallest absolute Gasteiger partial charge is 0.412 e. The van der Waals surface area contributed by atoms with E-state index in [-0.39, 0.29) is 18.2 Å². The van der Waals surface area contributed by atoms with Crippen molar-refractivity contribution in [1.82, 2.24) is 10.3 Å². The number of carbonyl (C=O) groups excluding carboxylic acids is 1. The van der Waals surface area contributed by atoms with Crippen molar-refractivity contribution in [3.05, 3.63) is 84.7 Å². The highest BCUT2D eigenvalue weighted by molar-refractivity contribution is 5.84. The summed E-state index contributed by atoms with van der Waals surface area (Å²) in [5.41, 5.74) is 1.56.